The molecule has 1 atom stereocenters. The lowest BCUT2D eigenvalue weighted by Gasteiger charge is -2.12. The average Bonchev–Trinajstić information content (AvgIpc) is 3.19. The van der Waals surface area contributed by atoms with E-state index < -0.39 is 6.10 Å². The van der Waals surface area contributed by atoms with Crippen molar-refractivity contribution >= 4 is 5.91 Å². The molecule has 0 aromatic heterocycles. The number of aryl methyl sites for hydroxylation is 1. The smallest absolute Gasteiger partial charge is 0.258 e. The Labute approximate surface area is 107 Å². The Morgan fingerprint density at radius 2 is 2.22 bits per heavy atom. The molecule has 4 nitrogen and oxygen atoms in total. The van der Waals surface area contributed by atoms with Crippen molar-refractivity contribution in [1.82, 2.24) is 5.32 Å². The Morgan fingerprint density at radius 3 is 2.89 bits per heavy atom. The van der Waals surface area contributed by atoms with Crippen LogP contribution in [0.15, 0.2) is 24.3 Å². The van der Waals surface area contributed by atoms with Crippen LogP contribution in [0.5, 0.6) is 5.75 Å². The van der Waals surface area contributed by atoms with Crippen molar-refractivity contribution in [2.24, 2.45) is 5.92 Å². The lowest BCUT2D eigenvalue weighted by molar-refractivity contribution is -0.123. The van der Waals surface area contributed by atoms with Gasteiger partial charge in [0.1, 0.15) is 5.75 Å². The number of ether oxygens (including phenoxy) is 1. The fourth-order valence-corrected chi connectivity index (χ4v) is 1.78. The largest absolute Gasteiger partial charge is 0.484 e. The first-order valence-electron chi connectivity index (χ1n) is 6.30. The van der Waals surface area contributed by atoms with E-state index in [0.29, 0.717) is 12.5 Å². The molecule has 1 unspecified atom stereocenters. The van der Waals surface area contributed by atoms with Crippen LogP contribution in [0.25, 0.3) is 0 Å². The molecule has 1 aliphatic rings. The zero-order valence-corrected chi connectivity index (χ0v) is 10.6. The molecule has 0 spiro atoms. The number of carbonyl (C=O) groups excluding carboxylic acids is 1. The van der Waals surface area contributed by atoms with Crippen LogP contribution >= 0.6 is 0 Å². The first-order chi connectivity index (χ1) is 8.66. The second kappa shape index (κ2) is 5.87. The summed E-state index contributed by atoms with van der Waals surface area (Å²) in [6.07, 6.45) is 1.72. The van der Waals surface area contributed by atoms with Crippen molar-refractivity contribution in [3.05, 3.63) is 29.8 Å². The number of amides is 1. The lowest BCUT2D eigenvalue weighted by Crippen LogP contribution is -2.36. The number of aliphatic hydroxyl groups is 1. The molecule has 2 rings (SSSR count). The van der Waals surface area contributed by atoms with E-state index in [1.807, 2.05) is 31.2 Å². The minimum absolute atomic E-state index is 0.0117. The third kappa shape index (κ3) is 3.74. The standard InChI is InChI=1S/C14H19NO3/c1-10-4-2-3-5-13(10)18-9-14(17)15-8-12(16)11-6-7-11/h2-5,11-12,16H,6-9H2,1H3,(H,15,17). The number of aliphatic hydroxyl groups excluding tert-OH is 1. The van der Waals surface area contributed by atoms with Gasteiger partial charge in [-0.2, -0.15) is 0 Å². The van der Waals surface area contributed by atoms with Crippen LogP contribution in [0.1, 0.15) is 18.4 Å². The van der Waals surface area contributed by atoms with Gasteiger partial charge in [0.05, 0.1) is 6.10 Å². The van der Waals surface area contributed by atoms with Crippen molar-refractivity contribution < 1.29 is 14.6 Å². The summed E-state index contributed by atoms with van der Waals surface area (Å²) in [5.74, 6) is 0.899. The molecule has 2 N–H and O–H groups in total. The number of hydrogen-bond acceptors (Lipinski definition) is 3. The van der Waals surface area contributed by atoms with Crippen molar-refractivity contribution in [3.63, 3.8) is 0 Å². The van der Waals surface area contributed by atoms with Gasteiger partial charge in [-0.25, -0.2) is 0 Å². The van der Waals surface area contributed by atoms with Gasteiger partial charge in [0.25, 0.3) is 5.91 Å². The van der Waals surface area contributed by atoms with E-state index >= 15 is 0 Å². The second-order valence-electron chi connectivity index (χ2n) is 4.76. The Balaban J connectivity index is 1.69. The maximum Gasteiger partial charge on any atom is 0.258 e. The minimum Gasteiger partial charge on any atom is -0.484 e. The van der Waals surface area contributed by atoms with Crippen molar-refractivity contribution in [2.45, 2.75) is 25.9 Å². The van der Waals surface area contributed by atoms with Gasteiger partial charge in [-0.05, 0) is 37.3 Å². The van der Waals surface area contributed by atoms with Gasteiger partial charge in [-0.1, -0.05) is 18.2 Å². The number of benzene rings is 1. The van der Waals surface area contributed by atoms with Crippen LogP contribution in [0.4, 0.5) is 0 Å². The Hall–Kier alpha value is -1.55. The normalized spacial score (nSPS) is 16.1. The minimum atomic E-state index is -0.410. The van der Waals surface area contributed by atoms with Crippen LogP contribution in [0, 0.1) is 12.8 Å². The summed E-state index contributed by atoms with van der Waals surface area (Å²) in [4.78, 5) is 11.5. The van der Waals surface area contributed by atoms with E-state index in [2.05, 4.69) is 5.32 Å². The molecule has 1 aromatic rings. The molecule has 1 aliphatic carbocycles. The summed E-state index contributed by atoms with van der Waals surface area (Å²) in [7, 11) is 0. The van der Waals surface area contributed by atoms with Crippen LogP contribution in [0.2, 0.25) is 0 Å². The molecule has 0 bridgehead atoms. The summed E-state index contributed by atoms with van der Waals surface area (Å²) in [6, 6.07) is 7.57. The number of para-hydroxylation sites is 1. The molecule has 4 heteroatoms. The lowest BCUT2D eigenvalue weighted by atomic mass is 10.2. The van der Waals surface area contributed by atoms with Crippen LogP contribution < -0.4 is 10.1 Å². The van der Waals surface area contributed by atoms with E-state index in [9.17, 15) is 9.90 Å². The van der Waals surface area contributed by atoms with Gasteiger partial charge in [0, 0.05) is 6.54 Å². The number of rotatable bonds is 6. The molecule has 0 radical (unpaired) electrons. The highest BCUT2D eigenvalue weighted by molar-refractivity contribution is 5.77. The summed E-state index contributed by atoms with van der Waals surface area (Å²) >= 11 is 0. The summed E-state index contributed by atoms with van der Waals surface area (Å²) in [5, 5.41) is 12.3. The SMILES string of the molecule is Cc1ccccc1OCC(=O)NCC(O)C1CC1. The first kappa shape index (κ1) is 12.9. The zero-order valence-electron chi connectivity index (χ0n) is 10.6. The molecule has 0 aliphatic heterocycles. The van der Waals surface area contributed by atoms with Crippen molar-refractivity contribution in [1.29, 1.82) is 0 Å². The summed E-state index contributed by atoms with van der Waals surface area (Å²) in [5.41, 5.74) is 1.00. The Morgan fingerprint density at radius 1 is 1.50 bits per heavy atom. The van der Waals surface area contributed by atoms with E-state index in [0.717, 1.165) is 24.2 Å². The van der Waals surface area contributed by atoms with Crippen LogP contribution in [-0.2, 0) is 4.79 Å². The second-order valence-corrected chi connectivity index (χ2v) is 4.76. The molecule has 1 fully saturated rings. The molecule has 1 saturated carbocycles. The molecular formula is C14H19NO3. The van der Waals surface area contributed by atoms with Gasteiger partial charge in [0.2, 0.25) is 0 Å². The quantitative estimate of drug-likeness (QED) is 0.798. The fraction of sp³-hybridized carbons (Fsp3) is 0.500. The number of nitrogens with one attached hydrogen (secondary N) is 1. The highest BCUT2D eigenvalue weighted by Crippen LogP contribution is 2.32. The van der Waals surface area contributed by atoms with Gasteiger partial charge >= 0.3 is 0 Å². The predicted molar refractivity (Wildman–Crippen MR) is 68.4 cm³/mol. The molecule has 18 heavy (non-hydrogen) atoms. The average molecular weight is 249 g/mol. The van der Waals surface area contributed by atoms with Crippen molar-refractivity contribution in [3.8, 4) is 5.75 Å². The maximum absolute atomic E-state index is 11.5. The van der Waals surface area contributed by atoms with E-state index in [1.165, 1.54) is 0 Å². The molecule has 1 aromatic carbocycles. The number of hydrogen-bond donors (Lipinski definition) is 2. The zero-order chi connectivity index (χ0) is 13.0. The summed E-state index contributed by atoms with van der Waals surface area (Å²) < 4.78 is 5.41. The first-order valence-corrected chi connectivity index (χ1v) is 6.30. The van der Waals surface area contributed by atoms with Gasteiger partial charge in [-0.3, -0.25) is 4.79 Å². The monoisotopic (exact) mass is 249 g/mol. The van der Waals surface area contributed by atoms with Crippen molar-refractivity contribution in [2.75, 3.05) is 13.2 Å². The molecule has 0 saturated heterocycles. The Bertz CT molecular complexity index is 415. The topological polar surface area (TPSA) is 58.6 Å². The highest BCUT2D eigenvalue weighted by Gasteiger charge is 2.29. The summed E-state index contributed by atoms with van der Waals surface area (Å²) in [6.45, 7) is 2.24. The van der Waals surface area contributed by atoms with Gasteiger partial charge in [-0.15, -0.1) is 0 Å². The van der Waals surface area contributed by atoms with Crippen LogP contribution in [-0.4, -0.2) is 30.3 Å². The number of carbonyl (C=O) groups is 1. The molecule has 1 amide bonds. The predicted octanol–water partition coefficient (Wildman–Crippen LogP) is 1.26. The Kier molecular flexibility index (Phi) is 4.20. The van der Waals surface area contributed by atoms with Crippen LogP contribution in [0.3, 0.4) is 0 Å². The molecular weight excluding hydrogens is 230 g/mol. The maximum atomic E-state index is 11.5. The molecule has 0 heterocycles. The third-order valence-electron chi connectivity index (χ3n) is 3.13. The van der Waals surface area contributed by atoms with E-state index in [-0.39, 0.29) is 12.5 Å². The highest BCUT2D eigenvalue weighted by atomic mass is 16.5. The van der Waals surface area contributed by atoms with Gasteiger partial charge in [0.15, 0.2) is 6.61 Å². The molecule has 98 valence electrons. The third-order valence-corrected chi connectivity index (χ3v) is 3.13. The fourth-order valence-electron chi connectivity index (χ4n) is 1.78. The van der Waals surface area contributed by atoms with Gasteiger partial charge < -0.3 is 15.2 Å². The van der Waals surface area contributed by atoms with E-state index in [4.69, 9.17) is 4.74 Å². The van der Waals surface area contributed by atoms with E-state index in [1.54, 1.807) is 0 Å².